The van der Waals surface area contributed by atoms with Crippen molar-refractivity contribution in [2.45, 2.75) is 74.8 Å². The summed E-state index contributed by atoms with van der Waals surface area (Å²) in [6, 6.07) is 0. The second kappa shape index (κ2) is 14.0. The quantitative estimate of drug-likeness (QED) is 0.0835. The van der Waals surface area contributed by atoms with Gasteiger partial charge in [-0.25, -0.2) is 4.28 Å². The van der Waals surface area contributed by atoms with Crippen LogP contribution in [-0.4, -0.2) is 86.9 Å². The first-order chi connectivity index (χ1) is 13.7. The molecule has 5 N–H and O–H groups in total. The molecule has 0 aromatic heterocycles. The lowest BCUT2D eigenvalue weighted by atomic mass is 10.0. The number of hydrogen-bond acceptors (Lipinski definition) is 11. The molecule has 0 spiro atoms. The summed E-state index contributed by atoms with van der Waals surface area (Å²) in [4.78, 5) is 0. The molecule has 1 saturated heterocycles. The maximum Gasteiger partial charge on any atom is 0.466 e. The zero-order valence-corrected chi connectivity index (χ0v) is 18.7. The SMILES string of the molecule is CSCCCCCCCCC(=NOS(=O)(=O)O)SC1OC(CO)C(O)C(O)C1O. The molecule has 5 atom stereocenters. The van der Waals surface area contributed by atoms with Gasteiger partial charge >= 0.3 is 10.4 Å². The molecule has 0 amide bonds. The van der Waals surface area contributed by atoms with E-state index in [9.17, 15) is 28.8 Å². The maximum atomic E-state index is 10.8. The zero-order valence-electron chi connectivity index (χ0n) is 16.3. The van der Waals surface area contributed by atoms with Crippen LogP contribution in [0.2, 0.25) is 0 Å². The van der Waals surface area contributed by atoms with Gasteiger partial charge in [0.1, 0.15) is 34.9 Å². The van der Waals surface area contributed by atoms with Gasteiger partial charge in [0.25, 0.3) is 0 Å². The lowest BCUT2D eigenvalue weighted by Crippen LogP contribution is -2.57. The first kappa shape index (κ1) is 26.9. The van der Waals surface area contributed by atoms with Gasteiger partial charge in [-0.05, 0) is 31.3 Å². The molecule has 1 aliphatic heterocycles. The lowest BCUT2D eigenvalue weighted by Gasteiger charge is -2.39. The van der Waals surface area contributed by atoms with E-state index in [0.29, 0.717) is 12.8 Å². The molecule has 172 valence electrons. The number of aliphatic hydroxyl groups excluding tert-OH is 4. The summed E-state index contributed by atoms with van der Waals surface area (Å²) in [6.07, 6.45) is 2.70. The molecule has 0 aromatic carbocycles. The smallest absolute Gasteiger partial charge is 0.394 e. The van der Waals surface area contributed by atoms with Gasteiger partial charge in [-0.1, -0.05) is 42.6 Å². The van der Waals surface area contributed by atoms with Gasteiger partial charge in [0.05, 0.1) is 6.61 Å². The molecule has 0 aliphatic carbocycles. The van der Waals surface area contributed by atoms with Crippen LogP contribution in [0.1, 0.15) is 44.9 Å². The van der Waals surface area contributed by atoms with Crippen molar-refractivity contribution < 1.29 is 42.4 Å². The van der Waals surface area contributed by atoms with Crippen molar-refractivity contribution in [1.29, 1.82) is 0 Å². The van der Waals surface area contributed by atoms with Crippen LogP contribution < -0.4 is 0 Å². The van der Waals surface area contributed by atoms with Crippen LogP contribution in [0.5, 0.6) is 0 Å². The molecule has 1 heterocycles. The Bertz CT molecular complexity index is 588. The van der Waals surface area contributed by atoms with Crippen molar-refractivity contribution in [3.05, 3.63) is 0 Å². The second-order valence-corrected chi connectivity index (χ2v) is 9.83. The van der Waals surface area contributed by atoms with Crippen molar-refractivity contribution in [1.82, 2.24) is 0 Å². The average Bonchev–Trinajstić information content (AvgIpc) is 2.67. The van der Waals surface area contributed by atoms with E-state index < -0.39 is 46.9 Å². The van der Waals surface area contributed by atoms with Crippen LogP contribution >= 0.6 is 23.5 Å². The molecule has 0 aromatic rings. The molecular formula is C16H31NO9S3. The first-order valence-corrected chi connectivity index (χ1v) is 13.0. The maximum absolute atomic E-state index is 10.8. The monoisotopic (exact) mass is 477 g/mol. The highest BCUT2D eigenvalue weighted by Crippen LogP contribution is 2.30. The highest BCUT2D eigenvalue weighted by Gasteiger charge is 2.44. The minimum Gasteiger partial charge on any atom is -0.394 e. The number of thioether (sulfide) groups is 2. The third kappa shape index (κ3) is 10.6. The van der Waals surface area contributed by atoms with E-state index in [1.54, 1.807) is 0 Å². The van der Waals surface area contributed by atoms with Gasteiger partial charge in [-0.2, -0.15) is 20.2 Å². The Hall–Kier alpha value is -0.120. The van der Waals surface area contributed by atoms with Crippen LogP contribution in [0.4, 0.5) is 0 Å². The predicted octanol–water partition coefficient (Wildman–Crippen LogP) is 0.746. The molecule has 0 radical (unpaired) electrons. The Balaban J connectivity index is 2.61. The van der Waals surface area contributed by atoms with Crippen LogP contribution in [0, 0.1) is 0 Å². The molecule has 0 saturated carbocycles. The molecule has 0 bridgehead atoms. The minimum absolute atomic E-state index is 0.134. The average molecular weight is 478 g/mol. The highest BCUT2D eigenvalue weighted by atomic mass is 32.3. The molecule has 1 fully saturated rings. The Labute approximate surface area is 180 Å². The topological polar surface area (TPSA) is 166 Å². The summed E-state index contributed by atoms with van der Waals surface area (Å²) in [5.74, 6) is 1.14. The van der Waals surface area contributed by atoms with Crippen molar-refractivity contribution in [2.24, 2.45) is 5.16 Å². The number of oxime groups is 1. The van der Waals surface area contributed by atoms with E-state index in [4.69, 9.17) is 9.29 Å². The van der Waals surface area contributed by atoms with E-state index in [-0.39, 0.29) is 5.04 Å². The molecular weight excluding hydrogens is 446 g/mol. The highest BCUT2D eigenvalue weighted by molar-refractivity contribution is 8.14. The van der Waals surface area contributed by atoms with Gasteiger partial charge in [0, 0.05) is 0 Å². The molecule has 29 heavy (non-hydrogen) atoms. The Morgan fingerprint density at radius 1 is 1.03 bits per heavy atom. The summed E-state index contributed by atoms with van der Waals surface area (Å²) in [6.45, 7) is -0.577. The zero-order chi connectivity index (χ0) is 21.9. The largest absolute Gasteiger partial charge is 0.466 e. The van der Waals surface area contributed by atoms with Crippen LogP contribution in [0.3, 0.4) is 0 Å². The minimum atomic E-state index is -4.79. The number of ether oxygens (including phenoxy) is 1. The Kier molecular flexibility index (Phi) is 13.0. The van der Waals surface area contributed by atoms with Gasteiger partial charge in [-0.3, -0.25) is 4.55 Å². The molecule has 1 aliphatic rings. The number of rotatable bonds is 13. The third-order valence-electron chi connectivity index (χ3n) is 4.32. The summed E-state index contributed by atoms with van der Waals surface area (Å²) in [5, 5.41) is 42.6. The van der Waals surface area contributed by atoms with Gasteiger partial charge in [-0.15, -0.1) is 0 Å². The van der Waals surface area contributed by atoms with Crippen molar-refractivity contribution in [3.63, 3.8) is 0 Å². The summed E-state index contributed by atoms with van der Waals surface area (Å²) >= 11 is 2.62. The van der Waals surface area contributed by atoms with Gasteiger partial charge < -0.3 is 25.2 Å². The standard InChI is InChI=1S/C16H31NO9S3/c1-27-9-7-5-3-2-4-6-8-12(17-26-29(22,23)24)28-16-15(21)14(20)13(19)11(10-18)25-16/h11,13-16,18-21H,2-10H2,1H3,(H,22,23,24). The summed E-state index contributed by atoms with van der Waals surface area (Å²) < 4.78 is 39.8. The number of hydrogen-bond donors (Lipinski definition) is 5. The normalized spacial score (nSPS) is 28.5. The lowest BCUT2D eigenvalue weighted by molar-refractivity contribution is -0.205. The first-order valence-electron chi connectivity index (χ1n) is 9.38. The molecule has 10 nitrogen and oxygen atoms in total. The van der Waals surface area contributed by atoms with E-state index in [1.165, 1.54) is 6.42 Å². The van der Waals surface area contributed by atoms with E-state index in [1.807, 2.05) is 11.8 Å². The molecule has 5 unspecified atom stereocenters. The second-order valence-electron chi connectivity index (χ2n) is 6.67. The van der Waals surface area contributed by atoms with Crippen LogP contribution in [0.25, 0.3) is 0 Å². The fourth-order valence-corrected chi connectivity index (χ4v) is 4.58. The summed E-state index contributed by atoms with van der Waals surface area (Å²) in [7, 11) is -4.79. The van der Waals surface area contributed by atoms with Crippen LogP contribution in [0.15, 0.2) is 5.16 Å². The Morgan fingerprint density at radius 2 is 1.66 bits per heavy atom. The van der Waals surface area contributed by atoms with Crippen molar-refractivity contribution in [3.8, 4) is 0 Å². The van der Waals surface area contributed by atoms with Crippen LogP contribution in [-0.2, 0) is 19.4 Å². The third-order valence-corrected chi connectivity index (χ3v) is 6.46. The van der Waals surface area contributed by atoms with Crippen molar-refractivity contribution in [2.75, 3.05) is 18.6 Å². The fourth-order valence-electron chi connectivity index (χ4n) is 2.74. The number of aliphatic hydroxyl groups is 4. The Morgan fingerprint density at radius 3 is 2.24 bits per heavy atom. The molecule has 13 heteroatoms. The number of unbranched alkanes of at least 4 members (excludes halogenated alkanes) is 5. The van der Waals surface area contributed by atoms with Gasteiger partial charge in [0.2, 0.25) is 0 Å². The van der Waals surface area contributed by atoms with Gasteiger partial charge in [0.15, 0.2) is 0 Å². The summed E-state index contributed by atoms with van der Waals surface area (Å²) in [5.41, 5.74) is -1.11. The fraction of sp³-hybridized carbons (Fsp3) is 0.938. The van der Waals surface area contributed by atoms with E-state index >= 15 is 0 Å². The molecule has 1 rings (SSSR count). The van der Waals surface area contributed by atoms with E-state index in [2.05, 4.69) is 15.7 Å². The van der Waals surface area contributed by atoms with E-state index in [0.717, 1.165) is 43.2 Å². The van der Waals surface area contributed by atoms with Crippen molar-refractivity contribution >= 4 is 39.0 Å². The predicted molar refractivity (Wildman–Crippen MR) is 112 cm³/mol. The number of nitrogens with zero attached hydrogens (tertiary/aromatic N) is 1.